The minimum Gasteiger partial charge on any atom is -0.744 e. The molecule has 0 fully saturated rings. The van der Waals surface area contributed by atoms with E-state index in [9.17, 15) is 38.9 Å². The van der Waals surface area contributed by atoms with E-state index in [1.165, 1.54) is 73.6 Å². The molecule has 0 unspecified atom stereocenters. The van der Waals surface area contributed by atoms with Gasteiger partial charge in [0.15, 0.2) is 0 Å². The van der Waals surface area contributed by atoms with E-state index in [2.05, 4.69) is 29.9 Å². The molecule has 0 N–H and O–H groups in total. The molecule has 0 aromatic carbocycles. The summed E-state index contributed by atoms with van der Waals surface area (Å²) in [4.78, 5) is 22.4. The molecule has 6 heterocycles. The van der Waals surface area contributed by atoms with Gasteiger partial charge < -0.3 is 13.7 Å². The van der Waals surface area contributed by atoms with Gasteiger partial charge in [-0.05, 0) is 72.8 Å². The van der Waals surface area contributed by atoms with Crippen LogP contribution in [0.1, 0.15) is 0 Å². The number of pyridine rings is 6. The van der Waals surface area contributed by atoms with E-state index in [-0.39, 0.29) is 51.2 Å². The fourth-order valence-corrected chi connectivity index (χ4v) is 5.78. The van der Waals surface area contributed by atoms with Gasteiger partial charge in [-0.1, -0.05) is 18.2 Å². The smallest absolute Gasteiger partial charge is 0.744 e. The van der Waals surface area contributed by atoms with Crippen molar-refractivity contribution in [3.05, 3.63) is 128 Å². The number of hydrogen-bond donors (Lipinski definition) is 0. The van der Waals surface area contributed by atoms with Crippen LogP contribution in [-0.4, -0.2) is 68.8 Å². The summed E-state index contributed by atoms with van der Waals surface area (Å²) in [6.07, 6.45) is 8.76. The summed E-state index contributed by atoms with van der Waals surface area (Å²) >= 11 is 0. The van der Waals surface area contributed by atoms with Crippen molar-refractivity contribution < 1.29 is 58.4 Å². The third-order valence-electron chi connectivity index (χ3n) is 5.84. The van der Waals surface area contributed by atoms with Crippen LogP contribution in [0, 0.1) is 0 Å². The third kappa shape index (κ3) is 10.9. The fourth-order valence-electron chi connectivity index (χ4n) is 3.86. The van der Waals surface area contributed by atoms with Crippen LogP contribution in [0.25, 0.3) is 34.2 Å². The van der Waals surface area contributed by atoms with Crippen molar-refractivity contribution in [2.45, 2.75) is 14.7 Å². The van der Waals surface area contributed by atoms with Crippen molar-refractivity contribution in [3.8, 4) is 34.2 Å². The van der Waals surface area contributed by atoms with Crippen molar-refractivity contribution in [1.82, 2.24) is 29.9 Å². The van der Waals surface area contributed by atoms with E-state index in [1.54, 1.807) is 54.6 Å². The molecular weight excluding hydrogens is 786 g/mol. The van der Waals surface area contributed by atoms with Gasteiger partial charge in [0.05, 0.1) is 31.8 Å². The van der Waals surface area contributed by atoms with Gasteiger partial charge in [0.25, 0.3) is 0 Å². The molecule has 6 rings (SSSR count). The zero-order chi connectivity index (χ0) is 34.8. The van der Waals surface area contributed by atoms with Crippen LogP contribution in [-0.2, 0) is 49.8 Å². The van der Waals surface area contributed by atoms with E-state index in [0.29, 0.717) is 17.1 Å². The SMILES string of the molecule is O=S(=O)([O-])c1cccnc1-c1ccccn1.O=S(=O)([O-])c1cccnc1-c1ccccn1.O=S(=O)([O-])c1cccnc1-c1ccccn1.[Ru+3]. The summed E-state index contributed by atoms with van der Waals surface area (Å²) in [6, 6.07) is 22.8. The van der Waals surface area contributed by atoms with Crippen molar-refractivity contribution in [2.75, 3.05) is 0 Å². The fraction of sp³-hybridized carbons (Fsp3) is 0. The second-order valence-electron chi connectivity index (χ2n) is 9.06. The van der Waals surface area contributed by atoms with Gasteiger partial charge >= 0.3 is 19.5 Å². The molecule has 0 atom stereocenters. The second kappa shape index (κ2) is 17.1. The zero-order valence-corrected chi connectivity index (χ0v) is 28.7. The standard InChI is InChI=1S/3C10H8N2O3S.Ru/c3*13-16(14,15)9-5-3-7-12-10(9)8-4-1-2-6-11-8;/h3*1-7H,(H,13,14,15);/q;;;+3/p-3. The van der Waals surface area contributed by atoms with Gasteiger partial charge in [0.2, 0.25) is 0 Å². The average molecular weight is 807 g/mol. The van der Waals surface area contributed by atoms with Gasteiger partial charge in [0, 0.05) is 37.2 Å². The van der Waals surface area contributed by atoms with Gasteiger partial charge in [-0.2, -0.15) is 0 Å². The predicted octanol–water partition coefficient (Wildman–Crippen LogP) is 3.14. The first-order valence-electron chi connectivity index (χ1n) is 13.2. The van der Waals surface area contributed by atoms with E-state index in [4.69, 9.17) is 0 Å². The van der Waals surface area contributed by atoms with Crippen molar-refractivity contribution in [1.29, 1.82) is 0 Å². The molecule has 49 heavy (non-hydrogen) atoms. The molecule has 0 aliphatic carbocycles. The molecule has 0 amide bonds. The molecule has 1 radical (unpaired) electrons. The Morgan fingerprint density at radius 3 is 0.796 bits per heavy atom. The normalized spacial score (nSPS) is 11.1. The number of nitrogens with zero attached hydrogens (tertiary/aromatic N) is 6. The van der Waals surface area contributed by atoms with Gasteiger partial charge in [-0.25, -0.2) is 25.3 Å². The first-order valence-corrected chi connectivity index (χ1v) is 17.5. The molecule has 0 bridgehead atoms. The van der Waals surface area contributed by atoms with E-state index in [1.807, 2.05) is 0 Å². The molecule has 19 heteroatoms. The first-order chi connectivity index (χ1) is 22.8. The van der Waals surface area contributed by atoms with Crippen LogP contribution in [0.4, 0.5) is 0 Å². The summed E-state index contributed by atoms with van der Waals surface area (Å²) in [7, 11) is -13.6. The van der Waals surface area contributed by atoms with Gasteiger partial charge in [0.1, 0.15) is 47.4 Å². The monoisotopic (exact) mass is 807 g/mol. The maximum atomic E-state index is 11.0. The maximum Gasteiger partial charge on any atom is 3.00 e. The second-order valence-corrected chi connectivity index (χ2v) is 13.1. The Morgan fingerprint density at radius 2 is 0.592 bits per heavy atom. The Hall–Kier alpha value is -4.75. The van der Waals surface area contributed by atoms with E-state index < -0.39 is 30.4 Å². The molecule has 251 valence electrons. The topological polar surface area (TPSA) is 249 Å². The predicted molar refractivity (Wildman–Crippen MR) is 166 cm³/mol. The molecule has 15 nitrogen and oxygen atoms in total. The molecule has 0 saturated carbocycles. The third-order valence-corrected chi connectivity index (χ3v) is 8.45. The molecule has 0 aliphatic heterocycles. The van der Waals surface area contributed by atoms with Crippen LogP contribution in [0.3, 0.4) is 0 Å². The van der Waals surface area contributed by atoms with E-state index in [0.717, 1.165) is 0 Å². The van der Waals surface area contributed by atoms with Gasteiger partial charge in [-0.3, -0.25) is 29.9 Å². The average Bonchev–Trinajstić information content (AvgIpc) is 3.09. The minimum atomic E-state index is -4.53. The summed E-state index contributed by atoms with van der Waals surface area (Å²) in [5, 5.41) is 0. The summed E-state index contributed by atoms with van der Waals surface area (Å²) in [5.41, 5.74) is 1.32. The Labute approximate surface area is 294 Å². The molecule has 0 aliphatic rings. The Kier molecular flexibility index (Phi) is 13.5. The number of hydrogen-bond acceptors (Lipinski definition) is 15. The Bertz CT molecular complexity index is 2060. The number of rotatable bonds is 6. The van der Waals surface area contributed by atoms with Crippen LogP contribution in [0.5, 0.6) is 0 Å². The van der Waals surface area contributed by atoms with Crippen LogP contribution in [0.15, 0.2) is 143 Å². The van der Waals surface area contributed by atoms with Crippen molar-refractivity contribution in [3.63, 3.8) is 0 Å². The van der Waals surface area contributed by atoms with Crippen molar-refractivity contribution in [2.24, 2.45) is 0 Å². The summed E-state index contributed by atoms with van der Waals surface area (Å²) in [5.74, 6) is 0. The minimum absolute atomic E-state index is 0. The summed E-state index contributed by atoms with van der Waals surface area (Å²) < 4.78 is 99.0. The molecular formula is C30H21N6O9RuS3. The van der Waals surface area contributed by atoms with E-state index >= 15 is 0 Å². The molecule has 6 aromatic heterocycles. The van der Waals surface area contributed by atoms with Crippen LogP contribution in [0.2, 0.25) is 0 Å². The quantitative estimate of drug-likeness (QED) is 0.173. The summed E-state index contributed by atoms with van der Waals surface area (Å²) in [6.45, 7) is 0. The number of aromatic nitrogens is 6. The molecule has 0 spiro atoms. The van der Waals surface area contributed by atoms with Crippen molar-refractivity contribution >= 4 is 30.4 Å². The molecule has 0 saturated heterocycles. The van der Waals surface area contributed by atoms with Crippen LogP contribution >= 0.6 is 0 Å². The Morgan fingerprint density at radius 1 is 0.347 bits per heavy atom. The zero-order valence-electron chi connectivity index (χ0n) is 24.6. The largest absolute Gasteiger partial charge is 3.00 e. The van der Waals surface area contributed by atoms with Gasteiger partial charge in [-0.15, -0.1) is 0 Å². The maximum absolute atomic E-state index is 11.0. The Balaban J connectivity index is 0.000000197. The first kappa shape index (κ1) is 38.7. The molecule has 6 aromatic rings. The van der Waals surface area contributed by atoms with Crippen LogP contribution < -0.4 is 0 Å².